The Bertz CT molecular complexity index is 736. The van der Waals surface area contributed by atoms with Crippen LogP contribution in [0.25, 0.3) is 0 Å². The summed E-state index contributed by atoms with van der Waals surface area (Å²) in [6.45, 7) is 5.30. The molecule has 0 aromatic heterocycles. The van der Waals surface area contributed by atoms with E-state index in [0.717, 1.165) is 51.0 Å². The van der Waals surface area contributed by atoms with Crippen LogP contribution in [0.5, 0.6) is 0 Å². The number of rotatable bonds is 3. The van der Waals surface area contributed by atoms with Crippen LogP contribution < -0.4 is 4.90 Å². The van der Waals surface area contributed by atoms with Crippen LogP contribution in [-0.4, -0.2) is 60.4 Å². The van der Waals surface area contributed by atoms with Gasteiger partial charge in [0, 0.05) is 43.8 Å². The Hall–Kier alpha value is -1.43. The second-order valence-electron chi connectivity index (χ2n) is 8.66. The van der Waals surface area contributed by atoms with Crippen LogP contribution >= 0.6 is 0 Å². The maximum absolute atomic E-state index is 13.1. The molecular formula is C21H28N2O3. The molecular weight excluding hydrogens is 328 g/mol. The predicted octanol–water partition coefficient (Wildman–Crippen LogP) is 1.75. The quantitative estimate of drug-likeness (QED) is 0.896. The molecule has 1 spiro atoms. The van der Waals surface area contributed by atoms with Gasteiger partial charge in [-0.2, -0.15) is 0 Å². The highest BCUT2D eigenvalue weighted by Crippen LogP contribution is 2.54. The van der Waals surface area contributed by atoms with Crippen molar-refractivity contribution in [3.63, 3.8) is 0 Å². The van der Waals surface area contributed by atoms with Crippen LogP contribution in [0.2, 0.25) is 0 Å². The molecule has 5 rings (SSSR count). The maximum Gasteiger partial charge on any atom is 0.241 e. The van der Waals surface area contributed by atoms with Crippen molar-refractivity contribution in [2.75, 3.05) is 37.7 Å². The van der Waals surface area contributed by atoms with Crippen LogP contribution in [0, 0.1) is 18.8 Å². The smallest absolute Gasteiger partial charge is 0.241 e. The summed E-state index contributed by atoms with van der Waals surface area (Å²) in [5, 5.41) is 9.76. The number of nitrogens with zero attached hydrogens (tertiary/aromatic N) is 2. The van der Waals surface area contributed by atoms with Crippen LogP contribution in [0.15, 0.2) is 18.2 Å². The number of hydrogen-bond acceptors (Lipinski definition) is 4. The van der Waals surface area contributed by atoms with Gasteiger partial charge in [-0.25, -0.2) is 0 Å². The number of ether oxygens (including phenoxy) is 1. The maximum atomic E-state index is 13.1. The number of carbonyl (C=O) groups is 1. The van der Waals surface area contributed by atoms with Crippen molar-refractivity contribution in [3.05, 3.63) is 29.3 Å². The number of fused-ring (bicyclic) bond motifs is 2. The molecule has 1 aromatic carbocycles. The molecule has 4 heterocycles. The average molecular weight is 356 g/mol. The van der Waals surface area contributed by atoms with Gasteiger partial charge in [0.1, 0.15) is 0 Å². The number of aliphatic hydroxyl groups excluding tert-OH is 1. The molecule has 5 nitrogen and oxygen atoms in total. The second-order valence-corrected chi connectivity index (χ2v) is 8.66. The lowest BCUT2D eigenvalue weighted by atomic mass is 9.74. The molecule has 0 radical (unpaired) electrons. The number of carbonyl (C=O) groups excluding carboxylic acids is 1. The minimum atomic E-state index is -0.102. The van der Waals surface area contributed by atoms with E-state index < -0.39 is 0 Å². The van der Waals surface area contributed by atoms with Gasteiger partial charge in [-0.1, -0.05) is 17.7 Å². The third-order valence-corrected chi connectivity index (χ3v) is 7.08. The van der Waals surface area contributed by atoms with Crippen molar-refractivity contribution in [2.45, 2.75) is 44.3 Å². The first kappa shape index (κ1) is 16.7. The second kappa shape index (κ2) is 6.04. The van der Waals surface area contributed by atoms with Gasteiger partial charge < -0.3 is 14.7 Å². The third kappa shape index (κ3) is 2.44. The van der Waals surface area contributed by atoms with Crippen LogP contribution in [0.4, 0.5) is 5.69 Å². The number of anilines is 1. The molecule has 2 bridgehead atoms. The number of likely N-dealkylation sites (tertiary alicyclic amines) is 1. The number of aliphatic hydroxyl groups is 1. The minimum Gasteiger partial charge on any atom is -0.396 e. The molecule has 1 amide bonds. The number of hydrogen-bond donors (Lipinski definition) is 1. The van der Waals surface area contributed by atoms with Crippen LogP contribution in [0.3, 0.4) is 0 Å². The topological polar surface area (TPSA) is 53.0 Å². The van der Waals surface area contributed by atoms with E-state index in [1.54, 1.807) is 0 Å². The van der Waals surface area contributed by atoms with Crippen molar-refractivity contribution < 1.29 is 14.6 Å². The van der Waals surface area contributed by atoms with Crippen molar-refractivity contribution in [3.8, 4) is 0 Å². The van der Waals surface area contributed by atoms with Crippen molar-refractivity contribution >= 4 is 11.6 Å². The van der Waals surface area contributed by atoms with Gasteiger partial charge in [0.25, 0.3) is 0 Å². The Morgan fingerprint density at radius 2 is 2.31 bits per heavy atom. The molecule has 0 saturated carbocycles. The average Bonchev–Trinajstić information content (AvgIpc) is 3.27. The molecule has 3 fully saturated rings. The van der Waals surface area contributed by atoms with E-state index in [1.165, 1.54) is 11.1 Å². The van der Waals surface area contributed by atoms with Gasteiger partial charge in [0.05, 0.1) is 18.2 Å². The van der Waals surface area contributed by atoms with E-state index in [2.05, 4.69) is 30.0 Å². The first-order valence-corrected chi connectivity index (χ1v) is 10.0. The Balaban J connectivity index is 1.31. The zero-order valence-corrected chi connectivity index (χ0v) is 15.5. The van der Waals surface area contributed by atoms with Crippen LogP contribution in [-0.2, 0) is 16.0 Å². The molecule has 4 atom stereocenters. The Morgan fingerprint density at radius 1 is 1.42 bits per heavy atom. The highest BCUT2D eigenvalue weighted by molar-refractivity contribution is 5.96. The summed E-state index contributed by atoms with van der Waals surface area (Å²) in [7, 11) is 0. The molecule has 5 heteroatoms. The van der Waals surface area contributed by atoms with Gasteiger partial charge in [0.15, 0.2) is 0 Å². The summed E-state index contributed by atoms with van der Waals surface area (Å²) >= 11 is 0. The fraction of sp³-hybridized carbons (Fsp3) is 0.667. The summed E-state index contributed by atoms with van der Waals surface area (Å²) in [5.74, 6) is 0.833. The number of aryl methyl sites for hydroxylation is 2. The summed E-state index contributed by atoms with van der Waals surface area (Å²) in [6, 6.07) is 6.42. The Kier molecular flexibility index (Phi) is 3.89. The normalized spacial score (nSPS) is 35.6. The molecule has 4 aliphatic rings. The molecule has 0 unspecified atom stereocenters. The fourth-order valence-electron chi connectivity index (χ4n) is 5.91. The molecule has 4 aliphatic heterocycles. The van der Waals surface area contributed by atoms with E-state index in [-0.39, 0.29) is 30.1 Å². The number of amides is 1. The largest absolute Gasteiger partial charge is 0.396 e. The standard InChI is InChI=1S/C21H28N2O3/c1-14-4-5-18-15(9-14)3-2-8-23(18)20(25)11-22-10-17-16(12-24)19-6-7-21(17,13-22)26-19/h4-5,9,16-17,19,24H,2-3,6-8,10-13H2,1H3/t16-,17+,19+,21+/m0/s1. The summed E-state index contributed by atoms with van der Waals surface area (Å²) in [5.41, 5.74) is 3.54. The zero-order valence-electron chi connectivity index (χ0n) is 15.5. The molecule has 1 N–H and O–H groups in total. The van der Waals surface area contributed by atoms with E-state index in [1.807, 2.05) is 4.90 Å². The third-order valence-electron chi connectivity index (χ3n) is 7.08. The molecule has 26 heavy (non-hydrogen) atoms. The molecule has 1 aromatic rings. The molecule has 0 aliphatic carbocycles. The van der Waals surface area contributed by atoms with Crippen molar-refractivity contribution in [2.24, 2.45) is 11.8 Å². The first-order valence-electron chi connectivity index (χ1n) is 10.0. The zero-order chi connectivity index (χ0) is 17.9. The van der Waals surface area contributed by atoms with Crippen molar-refractivity contribution in [1.82, 2.24) is 4.90 Å². The fourth-order valence-corrected chi connectivity index (χ4v) is 5.91. The minimum absolute atomic E-state index is 0.102. The lowest BCUT2D eigenvalue weighted by molar-refractivity contribution is -0.119. The highest BCUT2D eigenvalue weighted by Gasteiger charge is 2.62. The Morgan fingerprint density at radius 3 is 3.15 bits per heavy atom. The molecule has 3 saturated heterocycles. The SMILES string of the molecule is Cc1ccc2c(c1)CCCN2C(=O)CN1C[C@@H]2[C@H](CO)[C@H]3CC[C@]2(C1)O3. The summed E-state index contributed by atoms with van der Waals surface area (Å²) in [4.78, 5) is 17.3. The Labute approximate surface area is 154 Å². The lowest BCUT2D eigenvalue weighted by Gasteiger charge is -2.31. The van der Waals surface area contributed by atoms with E-state index in [9.17, 15) is 9.90 Å². The van der Waals surface area contributed by atoms with E-state index >= 15 is 0 Å². The van der Waals surface area contributed by atoms with E-state index in [0.29, 0.717) is 12.5 Å². The van der Waals surface area contributed by atoms with Crippen molar-refractivity contribution in [1.29, 1.82) is 0 Å². The van der Waals surface area contributed by atoms with E-state index in [4.69, 9.17) is 4.74 Å². The van der Waals surface area contributed by atoms with Gasteiger partial charge in [-0.15, -0.1) is 0 Å². The molecule has 140 valence electrons. The van der Waals surface area contributed by atoms with Gasteiger partial charge in [0.2, 0.25) is 5.91 Å². The van der Waals surface area contributed by atoms with Gasteiger partial charge in [-0.05, 0) is 44.2 Å². The van der Waals surface area contributed by atoms with Crippen LogP contribution in [0.1, 0.15) is 30.4 Å². The van der Waals surface area contributed by atoms with Gasteiger partial charge >= 0.3 is 0 Å². The highest BCUT2D eigenvalue weighted by atomic mass is 16.5. The number of benzene rings is 1. The summed E-state index contributed by atoms with van der Waals surface area (Å²) < 4.78 is 6.29. The first-order chi connectivity index (χ1) is 12.6. The van der Waals surface area contributed by atoms with Gasteiger partial charge in [-0.3, -0.25) is 9.69 Å². The lowest BCUT2D eigenvalue weighted by Crippen LogP contribution is -2.43. The summed E-state index contributed by atoms with van der Waals surface area (Å²) in [6.07, 6.45) is 4.47. The monoisotopic (exact) mass is 356 g/mol. The predicted molar refractivity (Wildman–Crippen MR) is 99.2 cm³/mol.